The second-order valence-corrected chi connectivity index (χ2v) is 8.95. The highest BCUT2D eigenvalue weighted by Crippen LogP contribution is 2.33. The molecule has 1 aliphatic rings. The number of carbonyl (C=O) groups excluding carboxylic acids is 2. The fourth-order valence-electron chi connectivity index (χ4n) is 4.28. The molecule has 0 fully saturated rings. The number of benzene rings is 2. The molecule has 10 heteroatoms. The summed E-state index contributed by atoms with van der Waals surface area (Å²) in [5.74, 6) is 0.126. The lowest BCUT2D eigenvalue weighted by Crippen LogP contribution is -2.34. The van der Waals surface area contributed by atoms with Gasteiger partial charge in [-0.1, -0.05) is 24.3 Å². The Labute approximate surface area is 214 Å². The van der Waals surface area contributed by atoms with E-state index in [9.17, 15) is 14.0 Å². The number of aliphatic imine (C=N–C) groups is 1. The van der Waals surface area contributed by atoms with Crippen LogP contribution in [0.4, 0.5) is 4.39 Å². The Morgan fingerprint density at radius 2 is 2.03 bits per heavy atom. The molecule has 0 unspecified atom stereocenters. The molecule has 0 saturated carbocycles. The monoisotopic (exact) mass is 503 g/mol. The molecule has 1 heterocycles. The van der Waals surface area contributed by atoms with Gasteiger partial charge in [0, 0.05) is 18.7 Å². The molecule has 1 aromatic heterocycles. The second-order valence-electron chi connectivity index (χ2n) is 8.95. The maximum atomic E-state index is 13.5. The first-order valence-electron chi connectivity index (χ1n) is 12.1. The van der Waals surface area contributed by atoms with Crippen molar-refractivity contribution in [3.8, 4) is 11.4 Å². The maximum absolute atomic E-state index is 13.5. The zero-order chi connectivity index (χ0) is 26.5. The molecule has 0 aliphatic heterocycles. The van der Waals surface area contributed by atoms with Gasteiger partial charge in [-0.25, -0.2) is 9.37 Å². The molecule has 2 amide bonds. The highest BCUT2D eigenvalue weighted by molar-refractivity contribution is 6.44. The Morgan fingerprint density at radius 3 is 2.73 bits per heavy atom. The number of hydrogen-bond acceptors (Lipinski definition) is 6. The first-order chi connectivity index (χ1) is 17.7. The van der Waals surface area contributed by atoms with E-state index in [1.807, 2.05) is 25.1 Å². The Kier molecular flexibility index (Phi) is 7.76. The first-order valence-corrected chi connectivity index (χ1v) is 12.1. The molecule has 4 rings (SSSR count). The molecule has 9 nitrogen and oxygen atoms in total. The molecule has 0 radical (unpaired) electrons. The lowest BCUT2D eigenvalue weighted by atomic mass is 10.0. The number of amides is 2. The second kappa shape index (κ2) is 11.2. The average Bonchev–Trinajstić information content (AvgIpc) is 3.49. The van der Waals surface area contributed by atoms with E-state index >= 15 is 0 Å². The number of rotatable bonds is 8. The van der Waals surface area contributed by atoms with Crippen molar-refractivity contribution in [1.29, 1.82) is 0 Å². The number of H-pyrrole nitrogens is 1. The van der Waals surface area contributed by atoms with Gasteiger partial charge in [0.05, 0.1) is 11.7 Å². The minimum atomic E-state index is -0.475. The number of fused-ring (bicyclic) bond motifs is 1. The highest BCUT2D eigenvalue weighted by atomic mass is 19.1. The molecule has 0 saturated heterocycles. The summed E-state index contributed by atoms with van der Waals surface area (Å²) < 4.78 is 13.5. The number of nitrogens with zero attached hydrogens (tertiary/aromatic N) is 3. The van der Waals surface area contributed by atoms with Crippen LogP contribution in [0.15, 0.2) is 53.2 Å². The van der Waals surface area contributed by atoms with Gasteiger partial charge in [-0.15, -0.1) is 0 Å². The van der Waals surface area contributed by atoms with E-state index in [4.69, 9.17) is 5.73 Å². The van der Waals surface area contributed by atoms with Crippen LogP contribution >= 0.6 is 0 Å². The van der Waals surface area contributed by atoms with Crippen LogP contribution in [0.2, 0.25) is 0 Å². The van der Waals surface area contributed by atoms with Crippen LogP contribution in [0.5, 0.6) is 0 Å². The standard InChI is InChI=1S/C27H30FN7O2/c1-4-30-24(27(37)31-14-17-5-9-21(28)15(2)11-17)13-22(29)26(36)33-23-10-7-18-12-19(6-8-20(18)23)25-32-16(3)34-35-25/h5-6,8-9,11-13,23H,4,7,10,14,29H2,1-3H3,(H,31,37)(H,33,36)(H,32,34,35)/b22-13-,30-24?/t23-/m0/s1. The van der Waals surface area contributed by atoms with Gasteiger partial charge < -0.3 is 16.4 Å². The van der Waals surface area contributed by atoms with Crippen LogP contribution in [-0.4, -0.2) is 39.3 Å². The van der Waals surface area contributed by atoms with Crippen molar-refractivity contribution in [1.82, 2.24) is 25.8 Å². The minimum Gasteiger partial charge on any atom is -0.394 e. The van der Waals surface area contributed by atoms with Gasteiger partial charge >= 0.3 is 0 Å². The predicted octanol–water partition coefficient (Wildman–Crippen LogP) is 2.95. The molecule has 5 N–H and O–H groups in total. The van der Waals surface area contributed by atoms with Crippen molar-refractivity contribution in [3.63, 3.8) is 0 Å². The summed E-state index contributed by atoms with van der Waals surface area (Å²) in [6.45, 7) is 5.82. The summed E-state index contributed by atoms with van der Waals surface area (Å²) in [4.78, 5) is 34.1. The van der Waals surface area contributed by atoms with Crippen LogP contribution in [0, 0.1) is 19.7 Å². The van der Waals surface area contributed by atoms with Gasteiger partial charge in [-0.3, -0.25) is 19.7 Å². The first kappa shape index (κ1) is 25.7. The van der Waals surface area contributed by atoms with Crippen molar-refractivity contribution < 1.29 is 14.0 Å². The molecule has 0 bridgehead atoms. The molecule has 3 aromatic rings. The van der Waals surface area contributed by atoms with Crippen LogP contribution in [-0.2, 0) is 22.6 Å². The number of aromatic amines is 1. The summed E-state index contributed by atoms with van der Waals surface area (Å²) in [7, 11) is 0. The van der Waals surface area contributed by atoms with Crippen molar-refractivity contribution in [2.24, 2.45) is 10.7 Å². The molecule has 2 aromatic carbocycles. The van der Waals surface area contributed by atoms with Gasteiger partial charge in [0.2, 0.25) is 0 Å². The van der Waals surface area contributed by atoms with E-state index in [2.05, 4.69) is 30.8 Å². The van der Waals surface area contributed by atoms with E-state index in [-0.39, 0.29) is 29.8 Å². The summed E-state index contributed by atoms with van der Waals surface area (Å²) in [5, 5.41) is 12.8. The van der Waals surface area contributed by atoms with Gasteiger partial charge in [0.15, 0.2) is 5.82 Å². The maximum Gasteiger partial charge on any atom is 0.269 e. The van der Waals surface area contributed by atoms with Crippen molar-refractivity contribution in [2.75, 3.05) is 6.54 Å². The fourth-order valence-corrected chi connectivity index (χ4v) is 4.28. The van der Waals surface area contributed by atoms with Gasteiger partial charge in [0.25, 0.3) is 11.8 Å². The Balaban J connectivity index is 1.40. The van der Waals surface area contributed by atoms with E-state index < -0.39 is 11.8 Å². The Hall–Kier alpha value is -4.34. The minimum absolute atomic E-state index is 0.0484. The third kappa shape index (κ3) is 6.08. The molecule has 1 atom stereocenters. The predicted molar refractivity (Wildman–Crippen MR) is 139 cm³/mol. The average molecular weight is 504 g/mol. The van der Waals surface area contributed by atoms with E-state index in [1.165, 1.54) is 12.1 Å². The third-order valence-electron chi connectivity index (χ3n) is 6.17. The summed E-state index contributed by atoms with van der Waals surface area (Å²) >= 11 is 0. The Morgan fingerprint density at radius 1 is 1.22 bits per heavy atom. The van der Waals surface area contributed by atoms with Gasteiger partial charge in [-0.2, -0.15) is 5.10 Å². The quantitative estimate of drug-likeness (QED) is 0.277. The van der Waals surface area contributed by atoms with Crippen LogP contribution in [0.1, 0.15) is 47.5 Å². The molecule has 0 spiro atoms. The number of aryl methyl sites for hydroxylation is 3. The number of halogens is 1. The SMILES string of the molecule is CCN=C(/C=C(\N)C(=O)N[C@H]1CCc2cc(-c3n[nH]c(C)n3)ccc21)C(=O)NCc1ccc(F)c(C)c1. The summed E-state index contributed by atoms with van der Waals surface area (Å²) in [5.41, 5.74) is 10.3. The molecule has 1 aliphatic carbocycles. The summed E-state index contributed by atoms with van der Waals surface area (Å²) in [6, 6.07) is 10.4. The topological polar surface area (TPSA) is 138 Å². The molecular weight excluding hydrogens is 473 g/mol. The summed E-state index contributed by atoms with van der Waals surface area (Å²) in [6.07, 6.45) is 2.82. The lowest BCUT2D eigenvalue weighted by Gasteiger charge is -2.15. The lowest BCUT2D eigenvalue weighted by molar-refractivity contribution is -0.118. The van der Waals surface area contributed by atoms with Crippen LogP contribution in [0.3, 0.4) is 0 Å². The van der Waals surface area contributed by atoms with Gasteiger partial charge in [0.1, 0.15) is 17.4 Å². The van der Waals surface area contributed by atoms with E-state index in [0.29, 0.717) is 17.9 Å². The number of carbonyl (C=O) groups is 2. The number of nitrogens with one attached hydrogen (secondary N) is 3. The van der Waals surface area contributed by atoms with Crippen molar-refractivity contribution in [3.05, 3.63) is 82.1 Å². The number of nitrogens with two attached hydrogens (primary N) is 1. The van der Waals surface area contributed by atoms with Gasteiger partial charge in [-0.05, 0) is 74.1 Å². The third-order valence-corrected chi connectivity index (χ3v) is 6.17. The normalized spacial score (nSPS) is 15.4. The largest absolute Gasteiger partial charge is 0.394 e. The zero-order valence-electron chi connectivity index (χ0n) is 21.1. The molecule has 192 valence electrons. The fraction of sp³-hybridized carbons (Fsp3) is 0.296. The van der Waals surface area contributed by atoms with E-state index in [0.717, 1.165) is 40.9 Å². The molecular formula is C27H30FN7O2. The number of hydrogen-bond donors (Lipinski definition) is 4. The van der Waals surface area contributed by atoms with Crippen molar-refractivity contribution in [2.45, 2.75) is 46.2 Å². The highest BCUT2D eigenvalue weighted by Gasteiger charge is 2.25. The van der Waals surface area contributed by atoms with Crippen LogP contribution < -0.4 is 16.4 Å². The van der Waals surface area contributed by atoms with Crippen LogP contribution in [0.25, 0.3) is 11.4 Å². The smallest absolute Gasteiger partial charge is 0.269 e. The van der Waals surface area contributed by atoms with Crippen molar-refractivity contribution >= 4 is 17.5 Å². The van der Waals surface area contributed by atoms with E-state index in [1.54, 1.807) is 26.0 Å². The zero-order valence-corrected chi connectivity index (χ0v) is 21.1. The molecule has 37 heavy (non-hydrogen) atoms. The Bertz CT molecular complexity index is 1390. The number of aromatic nitrogens is 3.